The molecule has 0 saturated heterocycles. The number of aliphatic hydroxyl groups excluding tert-OH is 1. The highest BCUT2D eigenvalue weighted by Gasteiger charge is 2.25. The van der Waals surface area contributed by atoms with Crippen LogP contribution in [0.15, 0.2) is 0 Å². The molecule has 1 fully saturated rings. The molecule has 5 nitrogen and oxygen atoms in total. The molecular formula is C11H19NO4. The van der Waals surface area contributed by atoms with Crippen LogP contribution in [0.3, 0.4) is 0 Å². The second kappa shape index (κ2) is 6.48. The van der Waals surface area contributed by atoms with Crippen LogP contribution in [0.4, 0.5) is 0 Å². The van der Waals surface area contributed by atoms with Crippen LogP contribution in [0.1, 0.15) is 38.5 Å². The van der Waals surface area contributed by atoms with E-state index in [1.807, 2.05) is 0 Å². The van der Waals surface area contributed by atoms with Gasteiger partial charge in [-0.2, -0.15) is 0 Å². The van der Waals surface area contributed by atoms with Gasteiger partial charge in [-0.3, -0.25) is 4.79 Å². The number of nitrogens with one attached hydrogen (secondary N) is 1. The Balaban J connectivity index is 2.43. The van der Waals surface area contributed by atoms with E-state index in [-0.39, 0.29) is 24.9 Å². The summed E-state index contributed by atoms with van der Waals surface area (Å²) in [6.45, 7) is -0.234. The molecule has 5 heteroatoms. The van der Waals surface area contributed by atoms with E-state index in [9.17, 15) is 9.59 Å². The number of amides is 1. The van der Waals surface area contributed by atoms with E-state index >= 15 is 0 Å². The van der Waals surface area contributed by atoms with Crippen molar-refractivity contribution in [3.8, 4) is 0 Å². The molecule has 0 unspecified atom stereocenters. The molecule has 0 aromatic heterocycles. The predicted molar refractivity (Wildman–Crippen MR) is 57.8 cm³/mol. The second-order valence-electron chi connectivity index (χ2n) is 4.25. The zero-order chi connectivity index (χ0) is 12.0. The summed E-state index contributed by atoms with van der Waals surface area (Å²) in [5, 5.41) is 20.0. The van der Waals surface area contributed by atoms with Crippen molar-refractivity contribution in [2.45, 2.75) is 44.6 Å². The summed E-state index contributed by atoms with van der Waals surface area (Å²) in [6.07, 6.45) is 4.98. The van der Waals surface area contributed by atoms with Crippen LogP contribution in [0.5, 0.6) is 0 Å². The van der Waals surface area contributed by atoms with Gasteiger partial charge in [0.05, 0.1) is 0 Å². The summed E-state index contributed by atoms with van der Waals surface area (Å²) < 4.78 is 0. The molecule has 1 aliphatic rings. The summed E-state index contributed by atoms with van der Waals surface area (Å²) in [4.78, 5) is 22.5. The molecule has 0 spiro atoms. The number of carboxylic acids is 1. The van der Waals surface area contributed by atoms with Gasteiger partial charge in [0.1, 0.15) is 6.04 Å². The van der Waals surface area contributed by atoms with Crippen LogP contribution in [0.2, 0.25) is 0 Å². The average molecular weight is 229 g/mol. The molecule has 0 radical (unpaired) electrons. The van der Waals surface area contributed by atoms with E-state index in [2.05, 4.69) is 5.32 Å². The Morgan fingerprint density at radius 3 is 2.38 bits per heavy atom. The Bertz CT molecular complexity index is 248. The van der Waals surface area contributed by atoms with Gasteiger partial charge in [0.25, 0.3) is 0 Å². The molecule has 1 amide bonds. The normalized spacial score (nSPS) is 19.1. The Morgan fingerprint density at radius 1 is 1.25 bits per heavy atom. The standard InChI is InChI=1S/C11H19NO4/c13-7-6-9(11(15)16)12-10(14)8-4-2-1-3-5-8/h8-9,13H,1-7H2,(H,12,14)(H,15,16)/t9-/m1/s1. The lowest BCUT2D eigenvalue weighted by Gasteiger charge is -2.22. The van der Waals surface area contributed by atoms with E-state index in [1.54, 1.807) is 0 Å². The SMILES string of the molecule is O=C(N[C@H](CCO)C(=O)O)C1CCCCC1. The van der Waals surface area contributed by atoms with Gasteiger partial charge in [-0.1, -0.05) is 19.3 Å². The van der Waals surface area contributed by atoms with Crippen molar-refractivity contribution in [1.29, 1.82) is 0 Å². The first-order chi connectivity index (χ1) is 7.65. The zero-order valence-electron chi connectivity index (χ0n) is 9.32. The monoisotopic (exact) mass is 229 g/mol. The van der Waals surface area contributed by atoms with Crippen molar-refractivity contribution in [2.24, 2.45) is 5.92 Å². The lowest BCUT2D eigenvalue weighted by Crippen LogP contribution is -2.44. The third-order valence-corrected chi connectivity index (χ3v) is 3.01. The number of hydrogen-bond donors (Lipinski definition) is 3. The van der Waals surface area contributed by atoms with Gasteiger partial charge in [-0.25, -0.2) is 4.79 Å². The van der Waals surface area contributed by atoms with Gasteiger partial charge < -0.3 is 15.5 Å². The van der Waals surface area contributed by atoms with Crippen LogP contribution in [0.25, 0.3) is 0 Å². The molecule has 0 bridgehead atoms. The molecule has 1 saturated carbocycles. The molecule has 92 valence electrons. The van der Waals surface area contributed by atoms with Crippen LogP contribution < -0.4 is 5.32 Å². The lowest BCUT2D eigenvalue weighted by atomic mass is 9.88. The maximum Gasteiger partial charge on any atom is 0.326 e. The Morgan fingerprint density at radius 2 is 1.88 bits per heavy atom. The molecule has 0 aliphatic heterocycles. The third kappa shape index (κ3) is 3.81. The molecule has 16 heavy (non-hydrogen) atoms. The van der Waals surface area contributed by atoms with Gasteiger partial charge in [-0.05, 0) is 12.8 Å². The van der Waals surface area contributed by atoms with E-state index in [1.165, 1.54) is 0 Å². The van der Waals surface area contributed by atoms with Crippen LogP contribution in [-0.2, 0) is 9.59 Å². The molecule has 0 aromatic rings. The van der Waals surface area contributed by atoms with E-state index in [4.69, 9.17) is 10.2 Å². The third-order valence-electron chi connectivity index (χ3n) is 3.01. The number of aliphatic hydroxyl groups is 1. The van der Waals surface area contributed by atoms with E-state index in [0.29, 0.717) is 0 Å². The highest BCUT2D eigenvalue weighted by molar-refractivity contribution is 5.84. The predicted octanol–water partition coefficient (Wildman–Crippen LogP) is 0.518. The molecule has 0 aromatic carbocycles. The summed E-state index contributed by atoms with van der Waals surface area (Å²) >= 11 is 0. The van der Waals surface area contributed by atoms with Crippen LogP contribution in [0, 0.1) is 5.92 Å². The quantitative estimate of drug-likeness (QED) is 0.641. The minimum Gasteiger partial charge on any atom is -0.480 e. The first kappa shape index (κ1) is 13.0. The topological polar surface area (TPSA) is 86.6 Å². The fourth-order valence-corrected chi connectivity index (χ4v) is 2.04. The van der Waals surface area contributed by atoms with Crippen molar-refractivity contribution in [3.63, 3.8) is 0 Å². The minimum absolute atomic E-state index is 0.0470. The van der Waals surface area contributed by atoms with Gasteiger partial charge >= 0.3 is 5.97 Å². The van der Waals surface area contributed by atoms with E-state index < -0.39 is 12.0 Å². The Hall–Kier alpha value is -1.10. The highest BCUT2D eigenvalue weighted by Crippen LogP contribution is 2.23. The van der Waals surface area contributed by atoms with E-state index in [0.717, 1.165) is 32.1 Å². The summed E-state index contributed by atoms with van der Waals surface area (Å²) in [5.41, 5.74) is 0. The maximum absolute atomic E-state index is 11.7. The number of rotatable bonds is 5. The van der Waals surface area contributed by atoms with Crippen LogP contribution in [-0.4, -0.2) is 34.7 Å². The zero-order valence-corrected chi connectivity index (χ0v) is 9.32. The summed E-state index contributed by atoms with van der Waals surface area (Å²) in [5.74, 6) is -1.31. The average Bonchev–Trinajstić information content (AvgIpc) is 2.29. The number of hydrogen-bond acceptors (Lipinski definition) is 3. The van der Waals surface area contributed by atoms with Crippen molar-refractivity contribution >= 4 is 11.9 Å². The van der Waals surface area contributed by atoms with Crippen molar-refractivity contribution < 1.29 is 19.8 Å². The Labute approximate surface area is 94.8 Å². The van der Waals surface area contributed by atoms with Crippen LogP contribution >= 0.6 is 0 Å². The Kier molecular flexibility index (Phi) is 5.25. The first-order valence-corrected chi connectivity index (χ1v) is 5.79. The molecular weight excluding hydrogens is 210 g/mol. The highest BCUT2D eigenvalue weighted by atomic mass is 16.4. The fraction of sp³-hybridized carbons (Fsp3) is 0.818. The minimum atomic E-state index is -1.08. The maximum atomic E-state index is 11.7. The lowest BCUT2D eigenvalue weighted by molar-refractivity contribution is -0.143. The fourth-order valence-electron chi connectivity index (χ4n) is 2.04. The van der Waals surface area contributed by atoms with Crippen molar-refractivity contribution in [1.82, 2.24) is 5.32 Å². The molecule has 3 N–H and O–H groups in total. The largest absolute Gasteiger partial charge is 0.480 e. The molecule has 1 rings (SSSR count). The van der Waals surface area contributed by atoms with Gasteiger partial charge in [0.2, 0.25) is 5.91 Å². The second-order valence-corrected chi connectivity index (χ2v) is 4.25. The first-order valence-electron chi connectivity index (χ1n) is 5.79. The van der Waals surface area contributed by atoms with Crippen molar-refractivity contribution in [2.75, 3.05) is 6.61 Å². The molecule has 1 atom stereocenters. The summed E-state index contributed by atoms with van der Waals surface area (Å²) in [7, 11) is 0. The molecule has 0 heterocycles. The number of carbonyl (C=O) groups is 2. The smallest absolute Gasteiger partial charge is 0.326 e. The number of aliphatic carboxylic acids is 1. The number of carbonyl (C=O) groups excluding carboxylic acids is 1. The van der Waals surface area contributed by atoms with Gasteiger partial charge in [-0.15, -0.1) is 0 Å². The van der Waals surface area contributed by atoms with Gasteiger partial charge in [0, 0.05) is 18.9 Å². The summed E-state index contributed by atoms with van der Waals surface area (Å²) in [6, 6.07) is -0.959. The molecule has 1 aliphatic carbocycles. The van der Waals surface area contributed by atoms with Crippen molar-refractivity contribution in [3.05, 3.63) is 0 Å². The van der Waals surface area contributed by atoms with Gasteiger partial charge in [0.15, 0.2) is 0 Å². The number of carboxylic acid groups (broad SMARTS) is 1.